The van der Waals surface area contributed by atoms with Crippen LogP contribution in [0.1, 0.15) is 33.3 Å². The van der Waals surface area contributed by atoms with Crippen molar-refractivity contribution >= 4 is 46.2 Å². The monoisotopic (exact) mass is 419 g/mol. The molecule has 1 fully saturated rings. The number of nitrogens with one attached hydrogen (secondary N) is 1. The Balaban J connectivity index is 2.07. The minimum atomic E-state index is -0.631. The minimum absolute atomic E-state index is 0.137. The van der Waals surface area contributed by atoms with Crippen LogP contribution in [0.15, 0.2) is 36.4 Å². The Labute approximate surface area is 177 Å². The van der Waals surface area contributed by atoms with Crippen molar-refractivity contribution < 1.29 is 9.59 Å². The first-order valence-corrected chi connectivity index (χ1v) is 10.8. The maximum atomic E-state index is 13.1. The molecule has 1 aliphatic heterocycles. The van der Waals surface area contributed by atoms with Crippen molar-refractivity contribution in [2.24, 2.45) is 0 Å². The van der Waals surface area contributed by atoms with Gasteiger partial charge in [0.1, 0.15) is 10.4 Å². The van der Waals surface area contributed by atoms with Crippen LogP contribution in [-0.4, -0.2) is 62.9 Å². The standard InChI is InChI=1S/C21H29N3O2S2/c1-5-23(6-2)14-15-24-19(26)18(21(3,4)28-20(24)27)22-17(25)13-12-16-10-8-7-9-11-16/h7-13,18H,5-6,14-15H2,1-4H3,(H,22,25)/b13-12+. The number of amides is 2. The fraction of sp³-hybridized carbons (Fsp3) is 0.476. The normalized spacial score (nSPS) is 19.5. The average Bonchev–Trinajstić information content (AvgIpc) is 2.67. The smallest absolute Gasteiger partial charge is 0.252 e. The highest BCUT2D eigenvalue weighted by Crippen LogP contribution is 2.36. The number of benzene rings is 1. The zero-order chi connectivity index (χ0) is 20.7. The molecule has 5 nitrogen and oxygen atoms in total. The van der Waals surface area contributed by atoms with Crippen molar-refractivity contribution in [1.82, 2.24) is 15.1 Å². The summed E-state index contributed by atoms with van der Waals surface area (Å²) in [6, 6.07) is 8.96. The summed E-state index contributed by atoms with van der Waals surface area (Å²) in [5.74, 6) is -0.422. The van der Waals surface area contributed by atoms with Crippen molar-refractivity contribution in [3.05, 3.63) is 42.0 Å². The third kappa shape index (κ3) is 5.90. The van der Waals surface area contributed by atoms with Gasteiger partial charge >= 0.3 is 0 Å². The van der Waals surface area contributed by atoms with Crippen LogP contribution < -0.4 is 5.32 Å². The number of thiocarbonyl (C=S) groups is 1. The molecule has 0 spiro atoms. The van der Waals surface area contributed by atoms with E-state index in [0.29, 0.717) is 10.9 Å². The first-order valence-electron chi connectivity index (χ1n) is 9.58. The predicted octanol–water partition coefficient (Wildman–Crippen LogP) is 3.17. The molecular formula is C21H29N3O2S2. The second-order valence-electron chi connectivity index (χ2n) is 7.17. The first-order chi connectivity index (χ1) is 13.3. The number of rotatable bonds is 8. The van der Waals surface area contributed by atoms with Crippen LogP contribution >= 0.6 is 24.0 Å². The number of likely N-dealkylation sites (N-methyl/N-ethyl adjacent to an activating group) is 1. The molecule has 7 heteroatoms. The van der Waals surface area contributed by atoms with Crippen molar-refractivity contribution in [2.75, 3.05) is 26.2 Å². The Morgan fingerprint density at radius 1 is 1.29 bits per heavy atom. The lowest BCUT2D eigenvalue weighted by Crippen LogP contribution is -2.62. The number of hydrogen-bond donors (Lipinski definition) is 1. The van der Waals surface area contributed by atoms with Crippen LogP contribution in [0, 0.1) is 0 Å². The molecule has 1 aromatic carbocycles. The van der Waals surface area contributed by atoms with Gasteiger partial charge in [0.2, 0.25) is 5.91 Å². The molecule has 1 unspecified atom stereocenters. The van der Waals surface area contributed by atoms with Crippen LogP contribution in [0.25, 0.3) is 6.08 Å². The Morgan fingerprint density at radius 2 is 1.93 bits per heavy atom. The van der Waals surface area contributed by atoms with E-state index in [4.69, 9.17) is 12.2 Å². The minimum Gasteiger partial charge on any atom is -0.339 e. The highest BCUT2D eigenvalue weighted by molar-refractivity contribution is 8.24. The second-order valence-corrected chi connectivity index (χ2v) is 9.46. The summed E-state index contributed by atoms with van der Waals surface area (Å²) in [6.07, 6.45) is 3.21. The summed E-state index contributed by atoms with van der Waals surface area (Å²) in [4.78, 5) is 29.4. The lowest BCUT2D eigenvalue weighted by molar-refractivity contribution is -0.133. The molecule has 0 aromatic heterocycles. The first kappa shape index (κ1) is 22.6. The van der Waals surface area contributed by atoms with Gasteiger partial charge in [0, 0.05) is 23.9 Å². The number of carbonyl (C=O) groups is 2. The second kappa shape index (κ2) is 10.2. The fourth-order valence-corrected chi connectivity index (χ4v) is 4.87. The van der Waals surface area contributed by atoms with E-state index < -0.39 is 10.8 Å². The molecule has 0 radical (unpaired) electrons. The van der Waals surface area contributed by atoms with Gasteiger partial charge < -0.3 is 10.2 Å². The molecule has 1 aromatic rings. The van der Waals surface area contributed by atoms with Crippen molar-refractivity contribution in [3.63, 3.8) is 0 Å². The van der Waals surface area contributed by atoms with E-state index in [9.17, 15) is 9.59 Å². The number of carbonyl (C=O) groups excluding carboxylic acids is 2. The van der Waals surface area contributed by atoms with Gasteiger partial charge in [0.15, 0.2) is 0 Å². The van der Waals surface area contributed by atoms with Gasteiger partial charge in [-0.05, 0) is 38.6 Å². The summed E-state index contributed by atoms with van der Waals surface area (Å²) in [5, 5.41) is 2.88. The van der Waals surface area contributed by atoms with Crippen molar-refractivity contribution in [2.45, 2.75) is 38.5 Å². The molecule has 0 bridgehead atoms. The summed E-state index contributed by atoms with van der Waals surface area (Å²) in [5.41, 5.74) is 0.934. The highest BCUT2D eigenvalue weighted by atomic mass is 32.2. The van der Waals surface area contributed by atoms with E-state index in [2.05, 4.69) is 24.1 Å². The van der Waals surface area contributed by atoms with E-state index in [1.165, 1.54) is 17.8 Å². The maximum Gasteiger partial charge on any atom is 0.252 e. The summed E-state index contributed by atoms with van der Waals surface area (Å²) >= 11 is 6.95. The molecule has 152 valence electrons. The van der Waals surface area contributed by atoms with Crippen LogP contribution in [-0.2, 0) is 9.59 Å². The Bertz CT molecular complexity index is 730. The summed E-state index contributed by atoms with van der Waals surface area (Å²) < 4.78 is 0.0725. The molecule has 2 rings (SSSR count). The molecular weight excluding hydrogens is 390 g/mol. The van der Waals surface area contributed by atoms with Crippen LogP contribution in [0.4, 0.5) is 0 Å². The predicted molar refractivity (Wildman–Crippen MR) is 121 cm³/mol. The number of hydrogen-bond acceptors (Lipinski definition) is 5. The molecule has 0 saturated carbocycles. The van der Waals surface area contributed by atoms with Gasteiger partial charge in [-0.3, -0.25) is 14.5 Å². The molecule has 1 saturated heterocycles. The zero-order valence-corrected chi connectivity index (χ0v) is 18.6. The van der Waals surface area contributed by atoms with E-state index in [1.54, 1.807) is 11.0 Å². The van der Waals surface area contributed by atoms with Gasteiger partial charge in [0.25, 0.3) is 5.91 Å². The van der Waals surface area contributed by atoms with Gasteiger partial charge in [-0.25, -0.2) is 0 Å². The Morgan fingerprint density at radius 3 is 2.54 bits per heavy atom. The SMILES string of the molecule is CCN(CC)CCN1C(=O)C(NC(=O)/C=C/c2ccccc2)C(C)(C)SC1=S. The maximum absolute atomic E-state index is 13.1. The Hall–Kier alpha value is -1.70. The van der Waals surface area contributed by atoms with Crippen LogP contribution in [0.3, 0.4) is 0 Å². The molecule has 28 heavy (non-hydrogen) atoms. The summed E-state index contributed by atoms with van der Waals surface area (Å²) in [7, 11) is 0. The van der Waals surface area contributed by atoms with Crippen molar-refractivity contribution in [1.29, 1.82) is 0 Å². The zero-order valence-electron chi connectivity index (χ0n) is 17.0. The van der Waals surface area contributed by atoms with Crippen LogP contribution in [0.5, 0.6) is 0 Å². The highest BCUT2D eigenvalue weighted by Gasteiger charge is 2.46. The van der Waals surface area contributed by atoms with E-state index in [-0.39, 0.29) is 11.8 Å². The largest absolute Gasteiger partial charge is 0.339 e. The topological polar surface area (TPSA) is 52.6 Å². The van der Waals surface area contributed by atoms with E-state index >= 15 is 0 Å². The summed E-state index contributed by atoms with van der Waals surface area (Å²) in [6.45, 7) is 11.2. The third-order valence-corrected chi connectivity index (χ3v) is 6.45. The van der Waals surface area contributed by atoms with Crippen molar-refractivity contribution in [3.8, 4) is 0 Å². The third-order valence-electron chi connectivity index (χ3n) is 4.83. The fourth-order valence-electron chi connectivity index (χ4n) is 3.03. The quantitative estimate of drug-likeness (QED) is 0.518. The molecule has 2 amide bonds. The van der Waals surface area contributed by atoms with Gasteiger partial charge in [-0.15, -0.1) is 0 Å². The van der Waals surface area contributed by atoms with Gasteiger partial charge in [0.05, 0.1) is 0 Å². The molecule has 1 N–H and O–H groups in total. The lowest BCUT2D eigenvalue weighted by Gasteiger charge is -2.42. The molecule has 0 aliphatic carbocycles. The van der Waals surface area contributed by atoms with Gasteiger partial charge in [-0.2, -0.15) is 0 Å². The average molecular weight is 420 g/mol. The molecule has 1 heterocycles. The number of nitrogens with zero attached hydrogens (tertiary/aromatic N) is 2. The van der Waals surface area contributed by atoms with Gasteiger partial charge in [-0.1, -0.05) is 68.2 Å². The Kier molecular flexibility index (Phi) is 8.22. The van der Waals surface area contributed by atoms with Crippen LogP contribution in [0.2, 0.25) is 0 Å². The lowest BCUT2D eigenvalue weighted by atomic mass is 10.0. The molecule has 1 atom stereocenters. The van der Waals surface area contributed by atoms with E-state index in [1.807, 2.05) is 44.2 Å². The van der Waals surface area contributed by atoms with E-state index in [0.717, 1.165) is 25.2 Å². The number of thioether (sulfide) groups is 1. The molecule has 1 aliphatic rings.